The summed E-state index contributed by atoms with van der Waals surface area (Å²) in [5, 5.41) is 12.0. The normalized spacial score (nSPS) is 12.2. The van der Waals surface area contributed by atoms with Crippen LogP contribution in [0.15, 0.2) is 78.9 Å². The molecule has 3 aromatic rings. The summed E-state index contributed by atoms with van der Waals surface area (Å²) < 4.78 is 16.4. The van der Waals surface area contributed by atoms with Crippen molar-refractivity contribution >= 4 is 29.2 Å². The van der Waals surface area contributed by atoms with E-state index in [0.717, 1.165) is 11.6 Å². The number of carbonyl (C=O) groups excluding carboxylic acids is 2. The minimum atomic E-state index is -1.18. The average molecular weight is 566 g/mol. The fraction of sp³-hybridized carbons (Fsp3) is 0.312. The number of ether oxygens (including phenoxy) is 3. The number of aliphatic hydroxyl groups excluding tert-OH is 1. The first kappa shape index (κ1) is 30.7. The lowest BCUT2D eigenvalue weighted by Gasteiger charge is -2.32. The number of halogens is 1. The third-order valence-corrected chi connectivity index (χ3v) is 6.10. The van der Waals surface area contributed by atoms with Crippen LogP contribution in [0.3, 0.4) is 0 Å². The summed E-state index contributed by atoms with van der Waals surface area (Å²) in [7, 11) is 1.51. The van der Waals surface area contributed by atoms with E-state index >= 15 is 0 Å². The molecule has 0 aliphatic carbocycles. The topological polar surface area (TPSA) is 85.3 Å². The first-order valence-electron chi connectivity index (χ1n) is 13.0. The van der Waals surface area contributed by atoms with Crippen LogP contribution in [-0.4, -0.2) is 37.2 Å². The van der Waals surface area contributed by atoms with Gasteiger partial charge in [-0.25, -0.2) is 4.79 Å². The molecule has 40 heavy (non-hydrogen) atoms. The van der Waals surface area contributed by atoms with Gasteiger partial charge in [-0.3, -0.25) is 4.79 Å². The minimum absolute atomic E-state index is 0.203. The van der Waals surface area contributed by atoms with E-state index in [2.05, 4.69) is 0 Å². The maximum Gasteiger partial charge on any atom is 0.330 e. The number of anilines is 1. The number of methoxy groups -OCH3 is 1. The molecule has 0 saturated heterocycles. The van der Waals surface area contributed by atoms with Crippen LogP contribution in [0.1, 0.15) is 50.5 Å². The third-order valence-electron chi connectivity index (χ3n) is 5.87. The summed E-state index contributed by atoms with van der Waals surface area (Å²) in [6.07, 6.45) is 1.09. The first-order chi connectivity index (χ1) is 19.0. The highest BCUT2D eigenvalue weighted by molar-refractivity contribution is 6.30. The molecule has 1 amide bonds. The van der Waals surface area contributed by atoms with Crippen molar-refractivity contribution in [2.75, 3.05) is 25.2 Å². The number of rotatable bonds is 11. The van der Waals surface area contributed by atoms with Gasteiger partial charge >= 0.3 is 5.97 Å². The van der Waals surface area contributed by atoms with Gasteiger partial charge in [0.05, 0.1) is 19.4 Å². The number of hydrogen-bond donors (Lipinski definition) is 1. The Morgan fingerprint density at radius 2 is 1.73 bits per heavy atom. The van der Waals surface area contributed by atoms with Crippen molar-refractivity contribution in [1.29, 1.82) is 0 Å². The zero-order valence-corrected chi connectivity index (χ0v) is 24.3. The van der Waals surface area contributed by atoms with Crippen LogP contribution in [0.4, 0.5) is 5.69 Å². The predicted molar refractivity (Wildman–Crippen MR) is 157 cm³/mol. The van der Waals surface area contributed by atoms with Gasteiger partial charge in [-0.2, -0.15) is 0 Å². The van der Waals surface area contributed by atoms with E-state index in [9.17, 15) is 14.7 Å². The van der Waals surface area contributed by atoms with Gasteiger partial charge < -0.3 is 24.2 Å². The Balaban J connectivity index is 1.98. The average Bonchev–Trinajstić information content (AvgIpc) is 2.93. The molecule has 1 unspecified atom stereocenters. The summed E-state index contributed by atoms with van der Waals surface area (Å²) in [6.45, 7) is 8.56. The molecule has 0 saturated carbocycles. The van der Waals surface area contributed by atoms with Crippen molar-refractivity contribution in [3.8, 4) is 11.5 Å². The summed E-state index contributed by atoms with van der Waals surface area (Å²) in [5.41, 5.74) is 2.06. The largest absolute Gasteiger partial charge is 0.496 e. The Labute approximate surface area is 240 Å². The van der Waals surface area contributed by atoms with E-state index in [4.69, 9.17) is 25.8 Å². The van der Waals surface area contributed by atoms with Crippen LogP contribution in [0, 0.1) is 5.41 Å². The van der Waals surface area contributed by atoms with Crippen LogP contribution in [-0.2, 0) is 20.9 Å². The van der Waals surface area contributed by atoms with Gasteiger partial charge in [-0.05, 0) is 48.2 Å². The third kappa shape index (κ3) is 8.60. The van der Waals surface area contributed by atoms with Gasteiger partial charge in [0.15, 0.2) is 0 Å². The fourth-order valence-electron chi connectivity index (χ4n) is 4.08. The van der Waals surface area contributed by atoms with Crippen molar-refractivity contribution in [3.05, 3.63) is 101 Å². The highest BCUT2D eigenvalue weighted by Crippen LogP contribution is 2.39. The maximum atomic E-state index is 13.4. The molecule has 212 valence electrons. The zero-order chi connectivity index (χ0) is 29.3. The number of nitrogens with zero attached hydrogens (tertiary/aromatic N) is 1. The van der Waals surface area contributed by atoms with E-state index in [0.29, 0.717) is 46.5 Å². The highest BCUT2D eigenvalue weighted by atomic mass is 35.5. The highest BCUT2D eigenvalue weighted by Gasteiger charge is 2.27. The lowest BCUT2D eigenvalue weighted by molar-refractivity contribution is -0.137. The molecule has 0 heterocycles. The van der Waals surface area contributed by atoms with Gasteiger partial charge in [0, 0.05) is 40.9 Å². The quantitative estimate of drug-likeness (QED) is 0.211. The second-order valence-corrected chi connectivity index (χ2v) is 10.8. The molecule has 1 N–H and O–H groups in total. The molecule has 3 rings (SSSR count). The molecular formula is C32H36ClNO6. The van der Waals surface area contributed by atoms with Gasteiger partial charge in [-0.1, -0.05) is 62.7 Å². The SMILES string of the molecule is CCOC(=O)C=CC(=O)N(CC(C)(C)C)c1ccc(Cl)cc1C(O)c1ccc(OCc2ccccc2)cc1OC. The standard InChI is InChI=1S/C32H36ClNO6/c1-6-39-30(36)17-16-29(35)34(21-32(2,3)4)27-15-12-23(33)18-26(27)31(37)25-14-13-24(19-28(25)38-5)40-20-22-10-8-7-9-11-22/h7-19,31,37H,6,20-21H2,1-5H3. The molecule has 0 bridgehead atoms. The van der Waals surface area contributed by atoms with Crippen molar-refractivity contribution in [3.63, 3.8) is 0 Å². The lowest BCUT2D eigenvalue weighted by atomic mass is 9.93. The fourth-order valence-corrected chi connectivity index (χ4v) is 4.26. The Hall–Kier alpha value is -3.81. The summed E-state index contributed by atoms with van der Waals surface area (Å²) in [6, 6.07) is 20.0. The molecule has 8 heteroatoms. The molecular weight excluding hydrogens is 530 g/mol. The maximum absolute atomic E-state index is 13.4. The van der Waals surface area contributed by atoms with E-state index < -0.39 is 18.0 Å². The Bertz CT molecular complexity index is 1330. The predicted octanol–water partition coefficient (Wildman–Crippen LogP) is 6.51. The summed E-state index contributed by atoms with van der Waals surface area (Å²) >= 11 is 6.36. The summed E-state index contributed by atoms with van der Waals surface area (Å²) in [5.74, 6) is -0.0471. The van der Waals surface area contributed by atoms with Crippen LogP contribution in [0.25, 0.3) is 0 Å². The second-order valence-electron chi connectivity index (χ2n) is 10.4. The van der Waals surface area contributed by atoms with E-state index in [-0.39, 0.29) is 12.0 Å². The molecule has 0 spiro atoms. The first-order valence-corrected chi connectivity index (χ1v) is 13.4. The zero-order valence-electron chi connectivity index (χ0n) is 23.5. The van der Waals surface area contributed by atoms with Crippen molar-refractivity contribution < 1.29 is 28.9 Å². The number of esters is 1. The van der Waals surface area contributed by atoms with E-state index in [1.807, 2.05) is 51.1 Å². The van der Waals surface area contributed by atoms with Crippen molar-refractivity contribution in [2.45, 2.75) is 40.4 Å². The molecule has 1 atom stereocenters. The summed E-state index contributed by atoms with van der Waals surface area (Å²) in [4.78, 5) is 26.7. The molecule has 7 nitrogen and oxygen atoms in total. The Morgan fingerprint density at radius 1 is 1.00 bits per heavy atom. The van der Waals surface area contributed by atoms with Gasteiger partial charge in [0.25, 0.3) is 5.91 Å². The van der Waals surface area contributed by atoms with Crippen molar-refractivity contribution in [2.24, 2.45) is 5.41 Å². The van der Waals surface area contributed by atoms with Crippen LogP contribution in [0.2, 0.25) is 5.02 Å². The van der Waals surface area contributed by atoms with Crippen LogP contribution in [0.5, 0.6) is 11.5 Å². The Morgan fingerprint density at radius 3 is 2.38 bits per heavy atom. The number of hydrogen-bond acceptors (Lipinski definition) is 6. The molecule has 0 fully saturated rings. The number of aliphatic hydroxyl groups is 1. The number of amides is 1. The van der Waals surface area contributed by atoms with Crippen LogP contribution < -0.4 is 14.4 Å². The van der Waals surface area contributed by atoms with Gasteiger partial charge in [0.2, 0.25) is 0 Å². The molecule has 0 radical (unpaired) electrons. The lowest BCUT2D eigenvalue weighted by Crippen LogP contribution is -2.38. The van der Waals surface area contributed by atoms with Crippen molar-refractivity contribution in [1.82, 2.24) is 0 Å². The minimum Gasteiger partial charge on any atom is -0.496 e. The Kier molecular flexibility index (Phi) is 10.8. The molecule has 3 aromatic carbocycles. The molecule has 0 aromatic heterocycles. The monoisotopic (exact) mass is 565 g/mol. The smallest absolute Gasteiger partial charge is 0.330 e. The molecule has 0 aliphatic heterocycles. The second kappa shape index (κ2) is 14.0. The molecule has 0 aliphatic rings. The van der Waals surface area contributed by atoms with Crippen LogP contribution >= 0.6 is 11.6 Å². The van der Waals surface area contributed by atoms with E-state index in [1.54, 1.807) is 43.3 Å². The number of carbonyl (C=O) groups is 2. The van der Waals surface area contributed by atoms with E-state index in [1.165, 1.54) is 18.1 Å². The van der Waals surface area contributed by atoms with Gasteiger partial charge in [-0.15, -0.1) is 0 Å². The van der Waals surface area contributed by atoms with Gasteiger partial charge in [0.1, 0.15) is 24.2 Å². The number of benzene rings is 3.